The van der Waals surface area contributed by atoms with Crippen molar-refractivity contribution in [2.75, 3.05) is 33.1 Å². The highest BCUT2D eigenvalue weighted by molar-refractivity contribution is 8.00. The summed E-state index contributed by atoms with van der Waals surface area (Å²) in [4.78, 5) is 4.38. The molecule has 0 aromatic rings. The summed E-state index contributed by atoms with van der Waals surface area (Å²) in [6.45, 7) is 11.8. The summed E-state index contributed by atoms with van der Waals surface area (Å²) in [5.41, 5.74) is 0.387. The van der Waals surface area contributed by atoms with Crippen molar-refractivity contribution in [3.63, 3.8) is 0 Å². The van der Waals surface area contributed by atoms with E-state index < -0.39 is 0 Å². The van der Waals surface area contributed by atoms with Crippen molar-refractivity contribution in [3.8, 4) is 0 Å². The van der Waals surface area contributed by atoms with Crippen molar-refractivity contribution < 1.29 is 4.74 Å². The van der Waals surface area contributed by atoms with E-state index in [4.69, 9.17) is 4.74 Å². The van der Waals surface area contributed by atoms with E-state index in [1.165, 1.54) is 6.42 Å². The first-order valence-electron chi connectivity index (χ1n) is 8.40. The van der Waals surface area contributed by atoms with Gasteiger partial charge in [0, 0.05) is 37.6 Å². The maximum Gasteiger partial charge on any atom is 0.191 e. The molecule has 22 heavy (non-hydrogen) atoms. The second-order valence-electron chi connectivity index (χ2n) is 7.57. The first kappa shape index (κ1) is 19.6. The Morgan fingerprint density at radius 3 is 2.45 bits per heavy atom. The zero-order chi connectivity index (χ0) is 16.6. The number of nitrogens with one attached hydrogen (secondary N) is 2. The molecule has 0 aromatic heterocycles. The van der Waals surface area contributed by atoms with Crippen LogP contribution in [-0.4, -0.2) is 49.8 Å². The van der Waals surface area contributed by atoms with Gasteiger partial charge < -0.3 is 15.4 Å². The molecule has 4 nitrogen and oxygen atoms in total. The van der Waals surface area contributed by atoms with Crippen LogP contribution in [0.3, 0.4) is 0 Å². The molecule has 1 unspecified atom stereocenters. The van der Waals surface area contributed by atoms with Crippen molar-refractivity contribution in [2.45, 2.75) is 64.2 Å². The summed E-state index contributed by atoms with van der Waals surface area (Å²) in [6, 6.07) is 0.436. The van der Waals surface area contributed by atoms with Crippen LogP contribution in [0.4, 0.5) is 0 Å². The zero-order valence-electron chi connectivity index (χ0n) is 15.3. The zero-order valence-corrected chi connectivity index (χ0v) is 16.1. The summed E-state index contributed by atoms with van der Waals surface area (Å²) in [6.07, 6.45) is 6.79. The Balaban J connectivity index is 2.41. The molecule has 1 aliphatic rings. The number of aliphatic imine (C=N–C) groups is 1. The molecule has 2 N–H and O–H groups in total. The van der Waals surface area contributed by atoms with Crippen LogP contribution in [0.5, 0.6) is 0 Å². The van der Waals surface area contributed by atoms with E-state index in [2.05, 4.69) is 49.6 Å². The van der Waals surface area contributed by atoms with Crippen LogP contribution in [-0.2, 0) is 4.74 Å². The molecule has 0 radical (unpaired) electrons. The van der Waals surface area contributed by atoms with Gasteiger partial charge >= 0.3 is 0 Å². The molecule has 0 aromatic carbocycles. The molecule has 0 amide bonds. The SMILES string of the molecule is CN=C(NCC1(SC)CCOCC1)NC(C)CCC(C)(C)C. The van der Waals surface area contributed by atoms with Crippen molar-refractivity contribution in [3.05, 3.63) is 0 Å². The van der Waals surface area contributed by atoms with Crippen LogP contribution in [0.25, 0.3) is 0 Å². The van der Waals surface area contributed by atoms with Crippen LogP contribution in [0.15, 0.2) is 4.99 Å². The van der Waals surface area contributed by atoms with E-state index >= 15 is 0 Å². The van der Waals surface area contributed by atoms with Gasteiger partial charge in [0.25, 0.3) is 0 Å². The average Bonchev–Trinajstić information content (AvgIpc) is 2.49. The Labute approximate surface area is 141 Å². The molecule has 1 aliphatic heterocycles. The van der Waals surface area contributed by atoms with Crippen molar-refractivity contribution in [2.24, 2.45) is 10.4 Å². The molecule has 1 atom stereocenters. The van der Waals surface area contributed by atoms with Gasteiger partial charge in [0.05, 0.1) is 0 Å². The first-order valence-corrected chi connectivity index (χ1v) is 9.63. The second kappa shape index (κ2) is 9.02. The van der Waals surface area contributed by atoms with Crippen LogP contribution in [0.1, 0.15) is 53.4 Å². The predicted molar refractivity (Wildman–Crippen MR) is 98.9 cm³/mol. The highest BCUT2D eigenvalue weighted by Gasteiger charge is 2.31. The van der Waals surface area contributed by atoms with Gasteiger partial charge in [-0.2, -0.15) is 11.8 Å². The lowest BCUT2D eigenvalue weighted by molar-refractivity contribution is 0.0782. The van der Waals surface area contributed by atoms with E-state index in [0.717, 1.165) is 45.0 Å². The second-order valence-corrected chi connectivity index (χ2v) is 8.84. The summed E-state index contributed by atoms with van der Waals surface area (Å²) in [5, 5.41) is 7.04. The number of rotatable bonds is 6. The minimum Gasteiger partial charge on any atom is -0.381 e. The van der Waals surface area contributed by atoms with Crippen LogP contribution in [0, 0.1) is 5.41 Å². The molecule has 0 spiro atoms. The molecule has 5 heteroatoms. The third-order valence-corrected chi connectivity index (χ3v) is 5.77. The van der Waals surface area contributed by atoms with Gasteiger partial charge in [-0.25, -0.2) is 0 Å². The lowest BCUT2D eigenvalue weighted by Gasteiger charge is -2.36. The fourth-order valence-corrected chi connectivity index (χ4v) is 3.38. The lowest BCUT2D eigenvalue weighted by Crippen LogP contribution is -2.49. The smallest absolute Gasteiger partial charge is 0.191 e. The normalized spacial score (nSPS) is 20.5. The molecule has 1 heterocycles. The summed E-state index contributed by atoms with van der Waals surface area (Å²) in [7, 11) is 1.85. The first-order chi connectivity index (χ1) is 10.3. The van der Waals surface area contributed by atoms with Gasteiger partial charge in [-0.3, -0.25) is 4.99 Å². The van der Waals surface area contributed by atoms with Crippen molar-refractivity contribution in [1.29, 1.82) is 0 Å². The number of ether oxygens (including phenoxy) is 1. The molecular weight excluding hydrogens is 294 g/mol. The Hall–Kier alpha value is -0.420. The topological polar surface area (TPSA) is 45.7 Å². The Morgan fingerprint density at radius 2 is 1.95 bits per heavy atom. The summed E-state index contributed by atoms with van der Waals surface area (Å²) in [5.74, 6) is 0.918. The Kier molecular flexibility index (Phi) is 8.04. The molecule has 0 bridgehead atoms. The van der Waals surface area contributed by atoms with Gasteiger partial charge in [-0.1, -0.05) is 20.8 Å². The summed E-state index contributed by atoms with van der Waals surface area (Å²) >= 11 is 1.95. The molecule has 0 saturated carbocycles. The van der Waals surface area contributed by atoms with Crippen LogP contribution < -0.4 is 10.6 Å². The number of nitrogens with zero attached hydrogens (tertiary/aromatic N) is 1. The lowest BCUT2D eigenvalue weighted by atomic mass is 9.89. The largest absolute Gasteiger partial charge is 0.381 e. The Morgan fingerprint density at radius 1 is 1.32 bits per heavy atom. The fraction of sp³-hybridized carbons (Fsp3) is 0.941. The number of guanidine groups is 1. The van der Waals surface area contributed by atoms with Gasteiger partial charge in [0.2, 0.25) is 0 Å². The summed E-state index contributed by atoms with van der Waals surface area (Å²) < 4.78 is 5.78. The number of thioether (sulfide) groups is 1. The van der Waals surface area contributed by atoms with E-state index in [1.54, 1.807) is 0 Å². The third-order valence-electron chi connectivity index (χ3n) is 4.35. The van der Waals surface area contributed by atoms with E-state index in [9.17, 15) is 0 Å². The maximum absolute atomic E-state index is 5.50. The van der Waals surface area contributed by atoms with Gasteiger partial charge in [-0.05, 0) is 44.3 Å². The van der Waals surface area contributed by atoms with Crippen LogP contribution in [0.2, 0.25) is 0 Å². The minimum absolute atomic E-state index is 0.282. The molecular formula is C17H35N3OS. The van der Waals surface area contributed by atoms with Gasteiger partial charge in [-0.15, -0.1) is 0 Å². The number of hydrogen-bond donors (Lipinski definition) is 2. The van der Waals surface area contributed by atoms with Crippen LogP contribution >= 0.6 is 11.8 Å². The van der Waals surface area contributed by atoms with Crippen molar-refractivity contribution in [1.82, 2.24) is 10.6 Å². The average molecular weight is 330 g/mol. The van der Waals surface area contributed by atoms with E-state index in [1.807, 2.05) is 18.8 Å². The number of hydrogen-bond acceptors (Lipinski definition) is 3. The highest BCUT2D eigenvalue weighted by atomic mass is 32.2. The molecule has 130 valence electrons. The molecule has 1 fully saturated rings. The fourth-order valence-electron chi connectivity index (χ4n) is 2.59. The van der Waals surface area contributed by atoms with E-state index in [-0.39, 0.29) is 4.75 Å². The third kappa shape index (κ3) is 7.23. The minimum atomic E-state index is 0.282. The molecule has 1 saturated heterocycles. The quantitative estimate of drug-likeness (QED) is 0.580. The Bertz CT molecular complexity index is 346. The highest BCUT2D eigenvalue weighted by Crippen LogP contribution is 2.32. The maximum atomic E-state index is 5.50. The predicted octanol–water partition coefficient (Wildman–Crippen LogP) is 3.28. The monoisotopic (exact) mass is 329 g/mol. The van der Waals surface area contributed by atoms with Crippen molar-refractivity contribution >= 4 is 17.7 Å². The standard InChI is InChI=1S/C17H35N3OS/c1-14(7-8-16(2,3)4)20-15(18-5)19-13-17(22-6)9-11-21-12-10-17/h14H,7-13H2,1-6H3,(H2,18,19,20). The molecule has 1 rings (SSSR count). The van der Waals surface area contributed by atoms with Gasteiger partial charge in [0.1, 0.15) is 0 Å². The van der Waals surface area contributed by atoms with E-state index in [0.29, 0.717) is 11.5 Å². The van der Waals surface area contributed by atoms with Gasteiger partial charge in [0.15, 0.2) is 5.96 Å². The molecule has 0 aliphatic carbocycles.